The van der Waals surface area contributed by atoms with Crippen LogP contribution in [0, 0.1) is 34.9 Å². The summed E-state index contributed by atoms with van der Waals surface area (Å²) in [5, 5.41) is 34.1. The van der Waals surface area contributed by atoms with E-state index in [0.29, 0.717) is 0 Å². The molecule has 5 rings (SSSR count). The zero-order valence-corrected chi connectivity index (χ0v) is 23.5. The van der Waals surface area contributed by atoms with Crippen molar-refractivity contribution >= 4 is 40.6 Å². The van der Waals surface area contributed by atoms with Crippen LogP contribution in [-0.4, -0.2) is 92.7 Å². The molecule has 1 heterocycles. The lowest BCUT2D eigenvalue weighted by Crippen LogP contribution is -2.73. The topological polar surface area (TPSA) is 194 Å². The summed E-state index contributed by atoms with van der Waals surface area (Å²) in [7, 11) is 3.05. The molecule has 0 aromatic heterocycles. The van der Waals surface area contributed by atoms with E-state index in [9.17, 15) is 34.2 Å². The SMILES string of the molecule is CN(C)C1C(=O)C(C(N)=O)C(=N)C2(O)C(=O)C3C(=O)c4c(O)c5c(c(F)c4CC3CC12)CN(C(C)(C)C)CC(=O)N5. The van der Waals surface area contributed by atoms with Gasteiger partial charge < -0.3 is 26.7 Å². The van der Waals surface area contributed by atoms with Crippen molar-refractivity contribution in [3.05, 3.63) is 22.5 Å². The van der Waals surface area contributed by atoms with Crippen molar-refractivity contribution in [2.75, 3.05) is 26.0 Å². The number of ketones is 3. The highest BCUT2D eigenvalue weighted by Gasteiger charge is 2.67. The number of halogens is 1. The Kier molecular flexibility index (Phi) is 6.52. The van der Waals surface area contributed by atoms with E-state index in [-0.39, 0.29) is 42.7 Å². The van der Waals surface area contributed by atoms with Gasteiger partial charge in [-0.25, -0.2) is 4.39 Å². The van der Waals surface area contributed by atoms with Crippen LogP contribution in [0.3, 0.4) is 0 Å². The largest absolute Gasteiger partial charge is 0.505 e. The molecule has 0 radical (unpaired) electrons. The van der Waals surface area contributed by atoms with Crippen LogP contribution in [0.2, 0.25) is 0 Å². The van der Waals surface area contributed by atoms with Gasteiger partial charge in [-0.15, -0.1) is 0 Å². The number of carbonyl (C=O) groups excluding carboxylic acids is 5. The number of phenolic OH excluding ortho intramolecular Hbond substituents is 1. The number of hydrogen-bond acceptors (Lipinski definition) is 10. The maximum absolute atomic E-state index is 16.3. The summed E-state index contributed by atoms with van der Waals surface area (Å²) in [6, 6.07) is -1.17. The maximum atomic E-state index is 16.3. The van der Waals surface area contributed by atoms with Gasteiger partial charge >= 0.3 is 0 Å². The van der Waals surface area contributed by atoms with Gasteiger partial charge in [0, 0.05) is 29.1 Å². The van der Waals surface area contributed by atoms with Crippen molar-refractivity contribution in [3.8, 4) is 5.75 Å². The minimum Gasteiger partial charge on any atom is -0.505 e. The highest BCUT2D eigenvalue weighted by Crippen LogP contribution is 2.52. The third-order valence-corrected chi connectivity index (χ3v) is 9.22. The van der Waals surface area contributed by atoms with E-state index < -0.39 is 92.9 Å². The lowest BCUT2D eigenvalue weighted by atomic mass is 9.52. The normalized spacial score (nSPS) is 32.1. The Morgan fingerprint density at radius 1 is 1.17 bits per heavy atom. The summed E-state index contributed by atoms with van der Waals surface area (Å²) in [5.74, 6) is -11.4. The van der Waals surface area contributed by atoms with Crippen molar-refractivity contribution in [2.24, 2.45) is 29.4 Å². The van der Waals surface area contributed by atoms with E-state index in [1.54, 1.807) is 4.90 Å². The standard InChI is InChI=1S/C28H34FN5O7/c1-27(2,3)34-8-12-18(29)11-6-10-7-13-20(33(4)5)23(38)17(26(31)40)24(30)28(13,41)25(39)15(10)21(36)16(11)22(37)19(12)32-14(35)9-34/h10,13,15,17,20,30,37,41H,6-9H2,1-5H3,(H2,31,40)(H,32,35). The molecule has 13 heteroatoms. The second-order valence-corrected chi connectivity index (χ2v) is 12.8. The molecule has 220 valence electrons. The van der Waals surface area contributed by atoms with Gasteiger partial charge in [0.05, 0.1) is 35.5 Å². The second-order valence-electron chi connectivity index (χ2n) is 12.8. The van der Waals surface area contributed by atoms with Crippen molar-refractivity contribution in [1.82, 2.24) is 9.80 Å². The average molecular weight is 572 g/mol. The summed E-state index contributed by atoms with van der Waals surface area (Å²) < 4.78 is 16.3. The zero-order valence-electron chi connectivity index (χ0n) is 23.5. The van der Waals surface area contributed by atoms with Gasteiger partial charge in [0.2, 0.25) is 11.8 Å². The number of hydrogen-bond donors (Lipinski definition) is 5. The molecule has 0 spiro atoms. The number of phenols is 1. The monoisotopic (exact) mass is 571 g/mol. The van der Waals surface area contributed by atoms with Gasteiger partial charge in [-0.3, -0.25) is 33.8 Å². The van der Waals surface area contributed by atoms with Gasteiger partial charge in [-0.1, -0.05) is 0 Å². The maximum Gasteiger partial charge on any atom is 0.238 e. The van der Waals surface area contributed by atoms with E-state index in [2.05, 4.69) is 5.32 Å². The van der Waals surface area contributed by atoms with Crippen LogP contribution in [0.5, 0.6) is 5.75 Å². The Balaban J connectivity index is 1.66. The molecule has 12 nitrogen and oxygen atoms in total. The van der Waals surface area contributed by atoms with E-state index in [4.69, 9.17) is 11.1 Å². The van der Waals surface area contributed by atoms with Crippen LogP contribution in [0.4, 0.5) is 10.1 Å². The van der Waals surface area contributed by atoms with Crippen LogP contribution in [0.15, 0.2) is 0 Å². The minimum atomic E-state index is -2.65. The number of amides is 2. The summed E-state index contributed by atoms with van der Waals surface area (Å²) in [4.78, 5) is 69.2. The lowest BCUT2D eigenvalue weighted by molar-refractivity contribution is -0.157. The Hall–Kier alpha value is -3.55. The Morgan fingerprint density at radius 2 is 1.80 bits per heavy atom. The number of nitrogens with zero attached hydrogens (tertiary/aromatic N) is 2. The van der Waals surface area contributed by atoms with E-state index in [1.807, 2.05) is 20.8 Å². The van der Waals surface area contributed by atoms with Crippen molar-refractivity contribution in [2.45, 2.75) is 57.3 Å². The molecule has 2 saturated carbocycles. The van der Waals surface area contributed by atoms with Crippen LogP contribution in [-0.2, 0) is 32.1 Å². The molecule has 0 saturated heterocycles. The van der Waals surface area contributed by atoms with Crippen LogP contribution in [0.25, 0.3) is 0 Å². The van der Waals surface area contributed by atoms with Gasteiger partial charge in [0.15, 0.2) is 28.7 Å². The first-order valence-corrected chi connectivity index (χ1v) is 13.4. The van der Waals surface area contributed by atoms with Gasteiger partial charge in [0.25, 0.3) is 0 Å². The number of benzene rings is 1. The number of anilines is 1. The minimum absolute atomic E-state index is 0.0111. The highest BCUT2D eigenvalue weighted by molar-refractivity contribution is 6.33. The molecule has 3 aliphatic carbocycles. The molecule has 41 heavy (non-hydrogen) atoms. The van der Waals surface area contributed by atoms with Gasteiger partial charge in [-0.05, 0) is 53.6 Å². The molecular weight excluding hydrogens is 537 g/mol. The van der Waals surface area contributed by atoms with Crippen LogP contribution < -0.4 is 11.1 Å². The number of rotatable bonds is 2. The predicted octanol–water partition coefficient (Wildman–Crippen LogP) is 0.00937. The molecule has 0 bridgehead atoms. The number of aliphatic hydroxyl groups is 1. The molecule has 4 aliphatic rings. The van der Waals surface area contributed by atoms with E-state index >= 15 is 4.39 Å². The first-order chi connectivity index (χ1) is 18.9. The molecule has 1 aromatic carbocycles. The summed E-state index contributed by atoms with van der Waals surface area (Å²) in [6.07, 6.45) is -0.274. The smallest absolute Gasteiger partial charge is 0.238 e. The van der Waals surface area contributed by atoms with E-state index in [0.717, 1.165) is 0 Å². The molecule has 1 aliphatic heterocycles. The number of likely N-dealkylation sites (N-methyl/N-ethyl adjacent to an activating group) is 1. The first kappa shape index (κ1) is 29.0. The lowest BCUT2D eigenvalue weighted by Gasteiger charge is -2.53. The first-order valence-electron chi connectivity index (χ1n) is 13.4. The van der Waals surface area contributed by atoms with Crippen molar-refractivity contribution in [3.63, 3.8) is 0 Å². The Labute approximate surface area is 235 Å². The quantitative estimate of drug-likeness (QED) is 0.240. The number of primary amides is 1. The number of carbonyl (C=O) groups is 5. The molecule has 1 aromatic rings. The average Bonchev–Trinajstić information content (AvgIpc) is 3.03. The third-order valence-electron chi connectivity index (χ3n) is 9.22. The molecule has 6 unspecified atom stereocenters. The fourth-order valence-electron chi connectivity index (χ4n) is 7.16. The Bertz CT molecular complexity index is 1450. The molecular formula is C28H34FN5O7. The molecule has 2 amide bonds. The fraction of sp³-hybridized carbons (Fsp3) is 0.571. The van der Waals surface area contributed by atoms with Crippen LogP contribution in [0.1, 0.15) is 48.7 Å². The summed E-state index contributed by atoms with van der Waals surface area (Å²) >= 11 is 0. The molecule has 6 N–H and O–H groups in total. The van der Waals surface area contributed by atoms with E-state index in [1.165, 1.54) is 19.0 Å². The predicted molar refractivity (Wildman–Crippen MR) is 143 cm³/mol. The molecule has 6 atom stereocenters. The second kappa shape index (κ2) is 9.23. The summed E-state index contributed by atoms with van der Waals surface area (Å²) in [6.45, 7) is 5.46. The van der Waals surface area contributed by atoms with Crippen LogP contribution >= 0.6 is 0 Å². The fourth-order valence-corrected chi connectivity index (χ4v) is 7.16. The third kappa shape index (κ3) is 3.97. The number of nitrogens with one attached hydrogen (secondary N) is 2. The number of nitrogens with two attached hydrogens (primary N) is 1. The number of Topliss-reactive ketones (excluding diaryl/α,β-unsaturated/α-hetero) is 3. The van der Waals surface area contributed by atoms with Gasteiger partial charge in [-0.2, -0.15) is 0 Å². The van der Waals surface area contributed by atoms with Gasteiger partial charge in [0.1, 0.15) is 11.7 Å². The number of aromatic hydroxyl groups is 1. The van der Waals surface area contributed by atoms with Crippen molar-refractivity contribution < 1.29 is 38.6 Å². The Morgan fingerprint density at radius 3 is 2.37 bits per heavy atom. The highest BCUT2D eigenvalue weighted by atomic mass is 19.1. The summed E-state index contributed by atoms with van der Waals surface area (Å²) in [5.41, 5.74) is 0.529. The van der Waals surface area contributed by atoms with Crippen molar-refractivity contribution in [1.29, 1.82) is 5.41 Å². The molecule has 2 fully saturated rings. The zero-order chi connectivity index (χ0) is 30.5. The number of fused-ring (bicyclic) bond motifs is 4.